The Hall–Kier alpha value is -0.600. The Kier molecular flexibility index (Phi) is 7.85. The van der Waals surface area contributed by atoms with E-state index in [0.717, 1.165) is 6.54 Å². The fraction of sp³-hybridized carbons (Fsp3) is 0.737. The van der Waals surface area contributed by atoms with Crippen LogP contribution in [-0.4, -0.2) is 30.3 Å². The molecule has 1 aliphatic carbocycles. The Balaban J connectivity index is 0.00000242. The first-order valence-corrected chi connectivity index (χ1v) is 8.59. The quantitative estimate of drug-likeness (QED) is 0.535. The standard InChI is InChI=1S/C19H31NO.ClH/c1-16-8-7-12-19(2,3)18(16)10-9-17(21)11-15-20-13-5-4-6-14-20;/h8-10,18H,4-7,11-15H2,1-3H3;1H/b10-9+;. The lowest BCUT2D eigenvalue weighted by Crippen LogP contribution is -2.31. The highest BCUT2D eigenvalue weighted by Crippen LogP contribution is 2.41. The molecule has 0 spiro atoms. The van der Waals surface area contributed by atoms with E-state index in [4.69, 9.17) is 0 Å². The van der Waals surface area contributed by atoms with Crippen LogP contribution in [0.5, 0.6) is 0 Å². The summed E-state index contributed by atoms with van der Waals surface area (Å²) in [7, 11) is 0. The Morgan fingerprint density at radius 3 is 2.64 bits per heavy atom. The van der Waals surface area contributed by atoms with Gasteiger partial charge in [-0.15, -0.1) is 12.4 Å². The monoisotopic (exact) mass is 325 g/mol. The van der Waals surface area contributed by atoms with E-state index in [1.807, 2.05) is 6.08 Å². The number of rotatable bonds is 5. The van der Waals surface area contributed by atoms with Gasteiger partial charge in [0, 0.05) is 18.9 Å². The molecule has 2 rings (SSSR count). The Bertz CT molecular complexity index is 419. The average molecular weight is 326 g/mol. The van der Waals surface area contributed by atoms with Crippen LogP contribution in [0.25, 0.3) is 0 Å². The van der Waals surface area contributed by atoms with Crippen molar-refractivity contribution < 1.29 is 4.79 Å². The lowest BCUT2D eigenvalue weighted by atomic mass is 9.68. The van der Waals surface area contributed by atoms with E-state index in [1.165, 1.54) is 50.8 Å². The van der Waals surface area contributed by atoms with Crippen LogP contribution in [0, 0.1) is 11.3 Å². The largest absolute Gasteiger partial charge is 0.303 e. The Labute approximate surface area is 142 Å². The van der Waals surface area contributed by atoms with Crippen molar-refractivity contribution >= 4 is 18.2 Å². The third-order valence-corrected chi connectivity index (χ3v) is 5.19. The number of hydrogen-bond donors (Lipinski definition) is 0. The summed E-state index contributed by atoms with van der Waals surface area (Å²) in [4.78, 5) is 14.5. The summed E-state index contributed by atoms with van der Waals surface area (Å²) in [6, 6.07) is 0. The molecule has 126 valence electrons. The van der Waals surface area contributed by atoms with Crippen molar-refractivity contribution in [2.45, 2.75) is 59.3 Å². The molecule has 2 nitrogen and oxygen atoms in total. The molecule has 0 saturated carbocycles. The van der Waals surface area contributed by atoms with Crippen molar-refractivity contribution in [1.82, 2.24) is 4.90 Å². The van der Waals surface area contributed by atoms with Crippen LogP contribution in [-0.2, 0) is 4.79 Å². The highest BCUT2D eigenvalue weighted by Gasteiger charge is 2.30. The zero-order chi connectivity index (χ0) is 15.3. The minimum absolute atomic E-state index is 0. The van der Waals surface area contributed by atoms with Gasteiger partial charge < -0.3 is 4.90 Å². The third-order valence-electron chi connectivity index (χ3n) is 5.19. The molecular formula is C19H32ClNO. The van der Waals surface area contributed by atoms with Crippen LogP contribution in [0.2, 0.25) is 0 Å². The molecule has 1 atom stereocenters. The maximum absolute atomic E-state index is 12.1. The second-order valence-corrected chi connectivity index (χ2v) is 7.43. The normalized spacial score (nSPS) is 25.6. The molecule has 0 bridgehead atoms. The zero-order valence-corrected chi connectivity index (χ0v) is 15.3. The third kappa shape index (κ3) is 5.55. The van der Waals surface area contributed by atoms with Crippen LogP contribution >= 0.6 is 12.4 Å². The lowest BCUT2D eigenvalue weighted by Gasteiger charge is -2.36. The highest BCUT2D eigenvalue weighted by molar-refractivity contribution is 5.89. The van der Waals surface area contributed by atoms with Gasteiger partial charge in [0.25, 0.3) is 0 Å². The molecule has 1 fully saturated rings. The molecule has 1 unspecified atom stereocenters. The van der Waals surface area contributed by atoms with Crippen molar-refractivity contribution in [3.63, 3.8) is 0 Å². The second-order valence-electron chi connectivity index (χ2n) is 7.43. The van der Waals surface area contributed by atoms with E-state index in [0.29, 0.717) is 12.3 Å². The fourth-order valence-corrected chi connectivity index (χ4v) is 3.72. The molecule has 0 amide bonds. The summed E-state index contributed by atoms with van der Waals surface area (Å²) < 4.78 is 0. The fourth-order valence-electron chi connectivity index (χ4n) is 3.72. The minimum atomic E-state index is 0. The van der Waals surface area contributed by atoms with Gasteiger partial charge in [-0.25, -0.2) is 0 Å². The molecule has 0 aromatic carbocycles. The van der Waals surface area contributed by atoms with E-state index >= 15 is 0 Å². The number of likely N-dealkylation sites (tertiary alicyclic amines) is 1. The molecular weight excluding hydrogens is 294 g/mol. The van der Waals surface area contributed by atoms with E-state index < -0.39 is 0 Å². The predicted octanol–water partition coefficient (Wildman–Crippen LogP) is 4.79. The number of nitrogens with zero attached hydrogens (tertiary/aromatic N) is 1. The van der Waals surface area contributed by atoms with Gasteiger partial charge in [0.15, 0.2) is 5.78 Å². The smallest absolute Gasteiger partial charge is 0.156 e. The van der Waals surface area contributed by atoms with Gasteiger partial charge in [-0.3, -0.25) is 4.79 Å². The van der Waals surface area contributed by atoms with Crippen LogP contribution in [0.4, 0.5) is 0 Å². The van der Waals surface area contributed by atoms with E-state index in [1.54, 1.807) is 0 Å². The number of halogens is 1. The summed E-state index contributed by atoms with van der Waals surface area (Å²) in [5, 5.41) is 0. The predicted molar refractivity (Wildman–Crippen MR) is 96.6 cm³/mol. The van der Waals surface area contributed by atoms with Gasteiger partial charge in [0.1, 0.15) is 0 Å². The molecule has 1 heterocycles. The number of hydrogen-bond acceptors (Lipinski definition) is 2. The molecule has 1 aliphatic heterocycles. The van der Waals surface area contributed by atoms with E-state index in [-0.39, 0.29) is 23.6 Å². The molecule has 1 saturated heterocycles. The zero-order valence-electron chi connectivity index (χ0n) is 14.4. The molecule has 0 aromatic rings. The van der Waals surface area contributed by atoms with Crippen molar-refractivity contribution in [3.8, 4) is 0 Å². The Morgan fingerprint density at radius 2 is 2.00 bits per heavy atom. The average Bonchev–Trinajstić information content (AvgIpc) is 2.45. The number of piperidine rings is 1. The van der Waals surface area contributed by atoms with Gasteiger partial charge in [-0.05, 0) is 57.2 Å². The molecule has 2 aliphatic rings. The first kappa shape index (κ1) is 19.4. The van der Waals surface area contributed by atoms with Crippen molar-refractivity contribution in [3.05, 3.63) is 23.8 Å². The summed E-state index contributed by atoms with van der Waals surface area (Å²) in [6.45, 7) is 10.1. The van der Waals surface area contributed by atoms with Gasteiger partial charge in [0.2, 0.25) is 0 Å². The first-order chi connectivity index (χ1) is 9.99. The van der Waals surface area contributed by atoms with Gasteiger partial charge in [-0.2, -0.15) is 0 Å². The van der Waals surface area contributed by atoms with Crippen LogP contribution in [0.3, 0.4) is 0 Å². The number of ketones is 1. The lowest BCUT2D eigenvalue weighted by molar-refractivity contribution is -0.115. The van der Waals surface area contributed by atoms with Crippen molar-refractivity contribution in [2.75, 3.05) is 19.6 Å². The summed E-state index contributed by atoms with van der Waals surface area (Å²) in [5.41, 5.74) is 1.70. The van der Waals surface area contributed by atoms with Gasteiger partial charge in [-0.1, -0.05) is 38.0 Å². The molecule has 0 N–H and O–H groups in total. The number of carbonyl (C=O) groups is 1. The maximum atomic E-state index is 12.1. The number of carbonyl (C=O) groups excluding carboxylic acids is 1. The second kappa shape index (κ2) is 8.88. The highest BCUT2D eigenvalue weighted by atomic mass is 35.5. The first-order valence-electron chi connectivity index (χ1n) is 8.59. The molecule has 22 heavy (non-hydrogen) atoms. The minimum Gasteiger partial charge on any atom is -0.303 e. The SMILES string of the molecule is CC1=CCCC(C)(C)C1/C=C/C(=O)CCN1CCCCC1.Cl. The number of allylic oxidation sites excluding steroid dienone is 4. The van der Waals surface area contributed by atoms with Gasteiger partial charge >= 0.3 is 0 Å². The van der Waals surface area contributed by atoms with E-state index in [2.05, 4.69) is 37.8 Å². The van der Waals surface area contributed by atoms with Crippen molar-refractivity contribution in [2.24, 2.45) is 11.3 Å². The Morgan fingerprint density at radius 1 is 1.32 bits per heavy atom. The van der Waals surface area contributed by atoms with E-state index in [9.17, 15) is 4.79 Å². The van der Waals surface area contributed by atoms with Crippen LogP contribution in [0.1, 0.15) is 59.3 Å². The summed E-state index contributed by atoms with van der Waals surface area (Å²) in [5.74, 6) is 0.708. The topological polar surface area (TPSA) is 20.3 Å². The molecule has 0 radical (unpaired) electrons. The summed E-state index contributed by atoms with van der Waals surface area (Å²) >= 11 is 0. The van der Waals surface area contributed by atoms with Gasteiger partial charge in [0.05, 0.1) is 0 Å². The molecule has 3 heteroatoms. The van der Waals surface area contributed by atoms with Crippen molar-refractivity contribution in [1.29, 1.82) is 0 Å². The maximum Gasteiger partial charge on any atom is 0.156 e. The van der Waals surface area contributed by atoms with Crippen LogP contribution in [0.15, 0.2) is 23.8 Å². The van der Waals surface area contributed by atoms with Crippen LogP contribution < -0.4 is 0 Å². The summed E-state index contributed by atoms with van der Waals surface area (Å²) in [6.07, 6.45) is 13.3. The molecule has 0 aromatic heterocycles.